The van der Waals surface area contributed by atoms with Crippen LogP contribution in [0.15, 0.2) is 18.3 Å². The highest BCUT2D eigenvalue weighted by Crippen LogP contribution is 2.43. The van der Waals surface area contributed by atoms with Crippen molar-refractivity contribution in [2.24, 2.45) is 5.92 Å². The molecule has 0 aromatic carbocycles. The first-order valence-corrected chi connectivity index (χ1v) is 5.93. The third-order valence-electron chi connectivity index (χ3n) is 3.50. The summed E-state index contributed by atoms with van der Waals surface area (Å²) < 4.78 is 12.6. The van der Waals surface area contributed by atoms with Gasteiger partial charge in [0.25, 0.3) is 0 Å². The van der Waals surface area contributed by atoms with Crippen molar-refractivity contribution in [2.45, 2.75) is 25.3 Å². The molecule has 4 nitrogen and oxygen atoms in total. The second-order valence-electron chi connectivity index (χ2n) is 4.70. The number of amides is 2. The van der Waals surface area contributed by atoms with E-state index in [2.05, 4.69) is 10.3 Å². The largest absolute Gasteiger partial charge is 0.322 e. The molecule has 90 valence electrons. The molecule has 2 fully saturated rings. The molecule has 1 N–H and O–H groups in total. The van der Waals surface area contributed by atoms with Gasteiger partial charge in [-0.15, -0.1) is 0 Å². The molecule has 1 saturated carbocycles. The maximum atomic E-state index is 12.6. The Balaban J connectivity index is 1.65. The fourth-order valence-electron chi connectivity index (χ4n) is 2.51. The summed E-state index contributed by atoms with van der Waals surface area (Å²) in [6.07, 6.45) is 4.79. The van der Waals surface area contributed by atoms with Gasteiger partial charge in [-0.25, -0.2) is 9.78 Å². The normalized spacial score (nSPS) is 26.3. The van der Waals surface area contributed by atoms with E-state index in [0.717, 1.165) is 19.4 Å². The van der Waals surface area contributed by atoms with Crippen LogP contribution in [-0.2, 0) is 0 Å². The van der Waals surface area contributed by atoms with Crippen molar-refractivity contribution in [3.63, 3.8) is 0 Å². The monoisotopic (exact) mass is 235 g/mol. The number of rotatable bonds is 1. The summed E-state index contributed by atoms with van der Waals surface area (Å²) in [5.41, 5.74) is 0.541. The first-order valence-electron chi connectivity index (χ1n) is 5.93. The zero-order valence-corrected chi connectivity index (χ0v) is 9.40. The van der Waals surface area contributed by atoms with Gasteiger partial charge in [0.2, 0.25) is 5.95 Å². The van der Waals surface area contributed by atoms with Crippen LogP contribution in [-0.4, -0.2) is 28.5 Å². The zero-order valence-electron chi connectivity index (χ0n) is 9.40. The van der Waals surface area contributed by atoms with Crippen molar-refractivity contribution < 1.29 is 9.18 Å². The van der Waals surface area contributed by atoms with Crippen LogP contribution < -0.4 is 5.32 Å². The number of hydrogen-bond donors (Lipinski definition) is 1. The Labute approximate surface area is 98.8 Å². The van der Waals surface area contributed by atoms with E-state index in [1.165, 1.54) is 24.8 Å². The molecule has 2 unspecified atom stereocenters. The minimum atomic E-state index is -0.539. The number of anilines is 1. The summed E-state index contributed by atoms with van der Waals surface area (Å²) in [6, 6.07) is 3.10. The molecule has 2 atom stereocenters. The van der Waals surface area contributed by atoms with Gasteiger partial charge in [0.1, 0.15) is 0 Å². The molecule has 17 heavy (non-hydrogen) atoms. The topological polar surface area (TPSA) is 45.2 Å². The van der Waals surface area contributed by atoms with Crippen LogP contribution in [0.5, 0.6) is 0 Å². The minimum absolute atomic E-state index is 0.0920. The molecule has 1 aromatic heterocycles. The average molecular weight is 235 g/mol. The molecule has 0 radical (unpaired) electrons. The SMILES string of the molecule is O=C(Nc1ccc(F)nc1)N1CCCC2CC21. The number of hydrogen-bond acceptors (Lipinski definition) is 2. The van der Waals surface area contributed by atoms with Gasteiger partial charge < -0.3 is 10.2 Å². The number of halogens is 1. The molecule has 0 bridgehead atoms. The highest BCUT2D eigenvalue weighted by molar-refractivity contribution is 5.89. The Bertz CT molecular complexity index is 434. The summed E-state index contributed by atoms with van der Waals surface area (Å²) in [4.78, 5) is 17.4. The Morgan fingerprint density at radius 1 is 1.53 bits per heavy atom. The number of nitrogens with one attached hydrogen (secondary N) is 1. The Morgan fingerprint density at radius 3 is 3.18 bits per heavy atom. The van der Waals surface area contributed by atoms with E-state index in [0.29, 0.717) is 17.6 Å². The molecule has 2 aliphatic rings. The summed E-state index contributed by atoms with van der Waals surface area (Å²) in [6.45, 7) is 0.821. The number of likely N-dealkylation sites (tertiary alicyclic amines) is 1. The highest BCUT2D eigenvalue weighted by Gasteiger charge is 2.45. The molecule has 5 heteroatoms. The predicted octanol–water partition coefficient (Wildman–Crippen LogP) is 2.24. The van der Waals surface area contributed by atoms with E-state index in [1.807, 2.05) is 4.90 Å². The second kappa shape index (κ2) is 3.98. The minimum Gasteiger partial charge on any atom is -0.321 e. The van der Waals surface area contributed by atoms with Gasteiger partial charge in [-0.05, 0) is 37.3 Å². The molecule has 3 rings (SSSR count). The van der Waals surface area contributed by atoms with Crippen LogP contribution in [0.1, 0.15) is 19.3 Å². The Morgan fingerprint density at radius 2 is 2.41 bits per heavy atom. The molecular weight excluding hydrogens is 221 g/mol. The van der Waals surface area contributed by atoms with Crippen molar-refractivity contribution in [3.8, 4) is 0 Å². The summed E-state index contributed by atoms with van der Waals surface area (Å²) >= 11 is 0. The fourth-order valence-corrected chi connectivity index (χ4v) is 2.51. The average Bonchev–Trinajstić information content (AvgIpc) is 3.10. The van der Waals surface area contributed by atoms with Gasteiger partial charge in [-0.3, -0.25) is 0 Å². The van der Waals surface area contributed by atoms with Gasteiger partial charge in [-0.2, -0.15) is 4.39 Å². The smallest absolute Gasteiger partial charge is 0.321 e. The Hall–Kier alpha value is -1.65. The van der Waals surface area contributed by atoms with Crippen LogP contribution in [0.4, 0.5) is 14.9 Å². The van der Waals surface area contributed by atoms with Crippen LogP contribution in [0.25, 0.3) is 0 Å². The maximum Gasteiger partial charge on any atom is 0.322 e. The third-order valence-corrected chi connectivity index (χ3v) is 3.50. The summed E-state index contributed by atoms with van der Waals surface area (Å²) in [5.74, 6) is 0.170. The number of pyridine rings is 1. The van der Waals surface area contributed by atoms with Crippen LogP contribution in [0.3, 0.4) is 0 Å². The van der Waals surface area contributed by atoms with Crippen molar-refractivity contribution in [3.05, 3.63) is 24.3 Å². The lowest BCUT2D eigenvalue weighted by Crippen LogP contribution is -2.40. The quantitative estimate of drug-likeness (QED) is 0.759. The van der Waals surface area contributed by atoms with E-state index in [9.17, 15) is 9.18 Å². The lowest BCUT2D eigenvalue weighted by Gasteiger charge is -2.26. The molecule has 1 aromatic rings. The zero-order chi connectivity index (χ0) is 11.8. The van der Waals surface area contributed by atoms with E-state index in [-0.39, 0.29) is 6.03 Å². The second-order valence-corrected chi connectivity index (χ2v) is 4.70. The van der Waals surface area contributed by atoms with Gasteiger partial charge in [0.05, 0.1) is 11.9 Å². The van der Waals surface area contributed by atoms with E-state index in [4.69, 9.17) is 0 Å². The van der Waals surface area contributed by atoms with Gasteiger partial charge in [0.15, 0.2) is 0 Å². The number of piperidine rings is 1. The standard InChI is InChI=1S/C12H14FN3O/c13-11-4-3-9(7-14-11)15-12(17)16-5-1-2-8-6-10(8)16/h3-4,7-8,10H,1-2,5-6H2,(H,15,17). The van der Waals surface area contributed by atoms with Crippen LogP contribution >= 0.6 is 0 Å². The molecular formula is C12H14FN3O. The van der Waals surface area contributed by atoms with Gasteiger partial charge in [0, 0.05) is 12.6 Å². The maximum absolute atomic E-state index is 12.6. The first-order chi connectivity index (χ1) is 8.24. The lowest BCUT2D eigenvalue weighted by molar-refractivity contribution is 0.195. The molecule has 1 aliphatic heterocycles. The number of carbonyl (C=O) groups is 1. The first kappa shape index (κ1) is 10.5. The van der Waals surface area contributed by atoms with Crippen molar-refractivity contribution in [2.75, 3.05) is 11.9 Å². The van der Waals surface area contributed by atoms with Gasteiger partial charge in [-0.1, -0.05) is 0 Å². The van der Waals surface area contributed by atoms with E-state index >= 15 is 0 Å². The number of aromatic nitrogens is 1. The molecule has 2 amide bonds. The number of carbonyl (C=O) groups excluding carboxylic acids is 1. The van der Waals surface area contributed by atoms with Crippen LogP contribution in [0.2, 0.25) is 0 Å². The Kier molecular flexibility index (Phi) is 2.46. The molecule has 1 saturated heterocycles. The number of urea groups is 1. The van der Waals surface area contributed by atoms with E-state index in [1.54, 1.807) is 0 Å². The number of nitrogens with zero attached hydrogens (tertiary/aromatic N) is 2. The van der Waals surface area contributed by atoms with E-state index < -0.39 is 5.95 Å². The third kappa shape index (κ3) is 2.09. The predicted molar refractivity (Wildman–Crippen MR) is 61.0 cm³/mol. The van der Waals surface area contributed by atoms with Crippen LogP contribution in [0, 0.1) is 11.9 Å². The van der Waals surface area contributed by atoms with Crippen molar-refractivity contribution in [1.29, 1.82) is 0 Å². The van der Waals surface area contributed by atoms with Crippen molar-refractivity contribution in [1.82, 2.24) is 9.88 Å². The van der Waals surface area contributed by atoms with Gasteiger partial charge >= 0.3 is 6.03 Å². The van der Waals surface area contributed by atoms with Crippen molar-refractivity contribution >= 4 is 11.7 Å². The fraction of sp³-hybridized carbons (Fsp3) is 0.500. The molecule has 0 spiro atoms. The number of fused-ring (bicyclic) bond motifs is 1. The molecule has 2 heterocycles. The summed E-state index contributed by atoms with van der Waals surface area (Å²) in [7, 11) is 0. The molecule has 1 aliphatic carbocycles. The highest BCUT2D eigenvalue weighted by atomic mass is 19.1. The lowest BCUT2D eigenvalue weighted by atomic mass is 10.1. The summed E-state index contributed by atoms with van der Waals surface area (Å²) in [5, 5.41) is 2.75.